The van der Waals surface area contributed by atoms with Crippen molar-refractivity contribution in [3.8, 4) is 11.5 Å². The number of nitrogens with zero attached hydrogens (tertiary/aromatic N) is 1. The van der Waals surface area contributed by atoms with Gasteiger partial charge in [0, 0.05) is 18.2 Å². The van der Waals surface area contributed by atoms with Crippen molar-refractivity contribution in [2.75, 3.05) is 13.2 Å². The second-order valence-corrected chi connectivity index (χ2v) is 7.76. The molecule has 1 aromatic carbocycles. The van der Waals surface area contributed by atoms with E-state index in [-0.39, 0.29) is 17.0 Å². The fourth-order valence-electron chi connectivity index (χ4n) is 2.69. The van der Waals surface area contributed by atoms with Crippen LogP contribution in [-0.4, -0.2) is 38.0 Å². The summed E-state index contributed by atoms with van der Waals surface area (Å²) in [7, 11) is -3.68. The molecule has 1 rings (SSSR count). The Hall–Kier alpha value is -1.27. The van der Waals surface area contributed by atoms with Gasteiger partial charge in [0.05, 0.1) is 13.2 Å². The zero-order valence-corrected chi connectivity index (χ0v) is 16.0. The molecular weight excluding hydrogens is 314 g/mol. The molecule has 132 valence electrons. The lowest BCUT2D eigenvalue weighted by atomic mass is 10.2. The van der Waals surface area contributed by atoms with Crippen molar-refractivity contribution < 1.29 is 17.9 Å². The first-order valence-corrected chi connectivity index (χ1v) is 9.54. The van der Waals surface area contributed by atoms with Crippen LogP contribution in [0.3, 0.4) is 0 Å². The van der Waals surface area contributed by atoms with Crippen LogP contribution in [0.2, 0.25) is 0 Å². The minimum absolute atomic E-state index is 0.147. The highest BCUT2D eigenvalue weighted by atomic mass is 32.2. The molecule has 6 heteroatoms. The van der Waals surface area contributed by atoms with Crippen molar-refractivity contribution in [1.82, 2.24) is 4.31 Å². The summed E-state index contributed by atoms with van der Waals surface area (Å²) in [5.41, 5.74) is 0.856. The van der Waals surface area contributed by atoms with Crippen LogP contribution in [0.15, 0.2) is 17.0 Å². The summed E-state index contributed by atoms with van der Waals surface area (Å²) in [6.45, 7) is 14.0. The molecule has 0 bridgehead atoms. The van der Waals surface area contributed by atoms with Crippen LogP contribution in [0.25, 0.3) is 0 Å². The molecule has 0 aromatic heterocycles. The molecule has 0 saturated carbocycles. The van der Waals surface area contributed by atoms with Crippen LogP contribution in [-0.2, 0) is 10.0 Å². The second kappa shape index (κ2) is 8.02. The van der Waals surface area contributed by atoms with Gasteiger partial charge in [-0.3, -0.25) is 0 Å². The lowest BCUT2D eigenvalue weighted by Crippen LogP contribution is -2.42. The highest BCUT2D eigenvalue weighted by Gasteiger charge is 2.32. The van der Waals surface area contributed by atoms with Gasteiger partial charge >= 0.3 is 0 Å². The maximum absolute atomic E-state index is 13.2. The van der Waals surface area contributed by atoms with Crippen LogP contribution in [0.1, 0.15) is 47.1 Å². The van der Waals surface area contributed by atoms with Gasteiger partial charge in [-0.05, 0) is 60.1 Å². The summed E-state index contributed by atoms with van der Waals surface area (Å²) >= 11 is 0. The van der Waals surface area contributed by atoms with Crippen molar-refractivity contribution in [3.63, 3.8) is 0 Å². The minimum Gasteiger partial charge on any atom is -0.494 e. The van der Waals surface area contributed by atoms with Crippen molar-refractivity contribution in [3.05, 3.63) is 17.7 Å². The Bertz CT molecular complexity index is 616. The van der Waals surface area contributed by atoms with Gasteiger partial charge in [0.2, 0.25) is 10.0 Å². The average molecular weight is 343 g/mol. The predicted octanol–water partition coefficient (Wildman–Crippen LogP) is 3.60. The van der Waals surface area contributed by atoms with Crippen LogP contribution in [0.4, 0.5) is 0 Å². The SMILES string of the molecule is CCOc1cc(S(=O)(=O)N(C(C)C)C(C)C)c(OCC)cc1C. The van der Waals surface area contributed by atoms with Crippen LogP contribution in [0.5, 0.6) is 11.5 Å². The van der Waals surface area contributed by atoms with Crippen LogP contribution < -0.4 is 9.47 Å². The summed E-state index contributed by atoms with van der Waals surface area (Å²) in [4.78, 5) is 0.163. The van der Waals surface area contributed by atoms with E-state index < -0.39 is 10.0 Å². The molecule has 0 amide bonds. The Balaban J connectivity index is 3.56. The Morgan fingerprint density at radius 2 is 1.43 bits per heavy atom. The second-order valence-electron chi connectivity index (χ2n) is 5.95. The fourth-order valence-corrected chi connectivity index (χ4v) is 4.65. The summed E-state index contributed by atoms with van der Waals surface area (Å²) in [5.74, 6) is 0.946. The molecule has 0 fully saturated rings. The predicted molar refractivity (Wildman–Crippen MR) is 92.8 cm³/mol. The molecule has 0 aliphatic carbocycles. The first kappa shape index (κ1) is 19.8. The molecule has 0 aliphatic heterocycles. The molecule has 5 nitrogen and oxygen atoms in total. The molecule has 0 aliphatic rings. The van der Waals surface area contributed by atoms with Gasteiger partial charge in [-0.15, -0.1) is 0 Å². The third-order valence-electron chi connectivity index (χ3n) is 3.41. The van der Waals surface area contributed by atoms with Crippen molar-refractivity contribution >= 4 is 10.0 Å². The zero-order chi connectivity index (χ0) is 17.8. The van der Waals surface area contributed by atoms with E-state index in [1.54, 1.807) is 12.1 Å². The van der Waals surface area contributed by atoms with Gasteiger partial charge in [-0.25, -0.2) is 8.42 Å². The third-order valence-corrected chi connectivity index (χ3v) is 5.69. The van der Waals surface area contributed by atoms with Gasteiger partial charge < -0.3 is 9.47 Å². The maximum atomic E-state index is 13.2. The number of ether oxygens (including phenoxy) is 2. The fraction of sp³-hybridized carbons (Fsp3) is 0.647. The normalized spacial score (nSPS) is 12.3. The summed E-state index contributed by atoms with van der Waals surface area (Å²) < 4.78 is 39.0. The first-order valence-electron chi connectivity index (χ1n) is 8.10. The van der Waals surface area contributed by atoms with E-state index in [1.165, 1.54) is 4.31 Å². The highest BCUT2D eigenvalue weighted by molar-refractivity contribution is 7.89. The summed E-state index contributed by atoms with van der Waals surface area (Å²) in [6, 6.07) is 3.02. The van der Waals surface area contributed by atoms with Gasteiger partial charge in [-0.2, -0.15) is 4.31 Å². The molecular formula is C17H29NO4S. The standard InChI is InChI=1S/C17H29NO4S/c1-8-21-15-11-17(16(22-9-2)10-14(15)7)23(19,20)18(12(3)4)13(5)6/h10-13H,8-9H2,1-7H3. The largest absolute Gasteiger partial charge is 0.494 e. The van der Waals surface area contributed by atoms with Crippen molar-refractivity contribution in [2.24, 2.45) is 0 Å². The number of hydrogen-bond acceptors (Lipinski definition) is 4. The highest BCUT2D eigenvalue weighted by Crippen LogP contribution is 2.35. The van der Waals surface area contributed by atoms with E-state index in [2.05, 4.69) is 0 Å². The first-order chi connectivity index (χ1) is 10.7. The van der Waals surface area contributed by atoms with Crippen LogP contribution in [0, 0.1) is 6.92 Å². The maximum Gasteiger partial charge on any atom is 0.247 e. The Morgan fingerprint density at radius 1 is 0.957 bits per heavy atom. The number of sulfonamides is 1. The molecule has 0 spiro atoms. The van der Waals surface area contributed by atoms with Crippen LogP contribution >= 0.6 is 0 Å². The molecule has 0 atom stereocenters. The third kappa shape index (κ3) is 4.38. The number of aryl methyl sites for hydroxylation is 1. The summed E-state index contributed by atoms with van der Waals surface area (Å²) in [5, 5.41) is 0. The average Bonchev–Trinajstić information content (AvgIpc) is 2.40. The van der Waals surface area contributed by atoms with E-state index in [0.717, 1.165) is 5.56 Å². The Kier molecular flexibility index (Phi) is 6.89. The smallest absolute Gasteiger partial charge is 0.247 e. The quantitative estimate of drug-likeness (QED) is 0.724. The minimum atomic E-state index is -3.68. The molecule has 0 heterocycles. The number of benzene rings is 1. The molecule has 1 aromatic rings. The Morgan fingerprint density at radius 3 is 1.87 bits per heavy atom. The zero-order valence-electron chi connectivity index (χ0n) is 15.2. The van der Waals surface area contributed by atoms with E-state index in [9.17, 15) is 8.42 Å². The van der Waals surface area contributed by atoms with E-state index in [1.807, 2.05) is 48.5 Å². The number of rotatable bonds is 8. The van der Waals surface area contributed by atoms with Crippen molar-refractivity contribution in [1.29, 1.82) is 0 Å². The van der Waals surface area contributed by atoms with E-state index in [4.69, 9.17) is 9.47 Å². The Labute approximate surface area is 140 Å². The van der Waals surface area contributed by atoms with Gasteiger partial charge in [-0.1, -0.05) is 0 Å². The monoisotopic (exact) mass is 343 g/mol. The lowest BCUT2D eigenvalue weighted by molar-refractivity contribution is 0.294. The van der Waals surface area contributed by atoms with E-state index >= 15 is 0 Å². The molecule has 0 saturated heterocycles. The molecule has 0 N–H and O–H groups in total. The summed E-state index contributed by atoms with van der Waals surface area (Å²) in [6.07, 6.45) is 0. The van der Waals surface area contributed by atoms with E-state index in [0.29, 0.717) is 24.7 Å². The topological polar surface area (TPSA) is 55.8 Å². The number of hydrogen-bond donors (Lipinski definition) is 0. The van der Waals surface area contributed by atoms with Crippen molar-refractivity contribution in [2.45, 2.75) is 65.4 Å². The van der Waals surface area contributed by atoms with Gasteiger partial charge in [0.1, 0.15) is 16.4 Å². The lowest BCUT2D eigenvalue weighted by Gasteiger charge is -2.30. The molecule has 0 unspecified atom stereocenters. The van der Waals surface area contributed by atoms with Gasteiger partial charge in [0.25, 0.3) is 0 Å². The molecule has 0 radical (unpaired) electrons. The molecule has 23 heavy (non-hydrogen) atoms. The van der Waals surface area contributed by atoms with Gasteiger partial charge in [0.15, 0.2) is 0 Å².